The number of nitrogens with two attached hydrogens (primary N) is 1. The lowest BCUT2D eigenvalue weighted by molar-refractivity contribution is 0.110. The first-order valence-electron chi connectivity index (χ1n) is 6.39. The smallest absolute Gasteiger partial charge is 0.0642 e. The Morgan fingerprint density at radius 3 is 2.33 bits per heavy atom. The minimum absolute atomic E-state index is 0.108. The van der Waals surface area contributed by atoms with Crippen molar-refractivity contribution in [2.24, 2.45) is 11.7 Å². The molecule has 0 aromatic heterocycles. The Bertz CT molecular complexity index is 149. The number of hydrogen-bond acceptors (Lipinski definition) is 2. The van der Waals surface area contributed by atoms with Gasteiger partial charge in [0.25, 0.3) is 0 Å². The van der Waals surface area contributed by atoms with Gasteiger partial charge >= 0.3 is 0 Å². The third kappa shape index (κ3) is 6.16. The van der Waals surface area contributed by atoms with Crippen molar-refractivity contribution in [2.45, 2.75) is 64.8 Å². The molecule has 0 aliphatic carbocycles. The summed E-state index contributed by atoms with van der Waals surface area (Å²) in [6.45, 7) is 7.36. The highest BCUT2D eigenvalue weighted by molar-refractivity contribution is 4.84. The van der Waals surface area contributed by atoms with Crippen LogP contribution in [-0.2, 0) is 4.74 Å². The van der Waals surface area contributed by atoms with Gasteiger partial charge in [-0.3, -0.25) is 0 Å². The predicted molar refractivity (Wildman–Crippen MR) is 67.0 cm³/mol. The van der Waals surface area contributed by atoms with Crippen molar-refractivity contribution in [2.75, 3.05) is 13.7 Å². The average Bonchev–Trinajstić information content (AvgIpc) is 2.24. The zero-order chi connectivity index (χ0) is 11.7. The number of hydrogen-bond donors (Lipinski definition) is 1. The molecule has 2 N–H and O–H groups in total. The lowest BCUT2D eigenvalue weighted by atomic mass is 9.83. The summed E-state index contributed by atoms with van der Waals surface area (Å²) >= 11 is 0. The van der Waals surface area contributed by atoms with Gasteiger partial charge in [-0.2, -0.15) is 0 Å². The third-order valence-corrected chi connectivity index (χ3v) is 3.37. The summed E-state index contributed by atoms with van der Waals surface area (Å²) in [7, 11) is 1.74. The number of methoxy groups -OCH3 is 1. The molecule has 0 amide bonds. The molecule has 0 rings (SSSR count). The van der Waals surface area contributed by atoms with E-state index in [-0.39, 0.29) is 5.54 Å². The van der Waals surface area contributed by atoms with Gasteiger partial charge in [0.1, 0.15) is 0 Å². The van der Waals surface area contributed by atoms with E-state index in [2.05, 4.69) is 20.8 Å². The first-order chi connectivity index (χ1) is 7.11. The van der Waals surface area contributed by atoms with E-state index in [1.165, 1.54) is 25.7 Å². The Morgan fingerprint density at radius 1 is 1.27 bits per heavy atom. The molecule has 0 bridgehead atoms. The van der Waals surface area contributed by atoms with Crippen molar-refractivity contribution < 1.29 is 4.74 Å². The molecular formula is C13H29NO. The van der Waals surface area contributed by atoms with Gasteiger partial charge in [0.2, 0.25) is 0 Å². The molecule has 0 aliphatic heterocycles. The minimum atomic E-state index is -0.108. The molecule has 0 radical (unpaired) electrons. The quantitative estimate of drug-likeness (QED) is 0.640. The highest BCUT2D eigenvalue weighted by atomic mass is 16.5. The highest BCUT2D eigenvalue weighted by Crippen LogP contribution is 2.25. The van der Waals surface area contributed by atoms with Crippen molar-refractivity contribution in [3.8, 4) is 0 Å². The summed E-state index contributed by atoms with van der Waals surface area (Å²) in [5.41, 5.74) is 6.22. The Balaban J connectivity index is 4.09. The molecule has 0 fully saturated rings. The fourth-order valence-electron chi connectivity index (χ4n) is 2.11. The zero-order valence-electron chi connectivity index (χ0n) is 11.0. The first kappa shape index (κ1) is 14.9. The number of rotatable bonds is 9. The predicted octanol–water partition coefficient (Wildman–Crippen LogP) is 3.35. The molecule has 0 saturated carbocycles. The Hall–Kier alpha value is -0.0800. The Kier molecular flexibility index (Phi) is 8.07. The maximum absolute atomic E-state index is 6.33. The largest absolute Gasteiger partial charge is 0.383 e. The van der Waals surface area contributed by atoms with E-state index in [4.69, 9.17) is 10.5 Å². The fraction of sp³-hybridized carbons (Fsp3) is 1.00. The van der Waals surface area contributed by atoms with E-state index < -0.39 is 0 Å². The Labute approximate surface area is 95.6 Å². The summed E-state index contributed by atoms with van der Waals surface area (Å²) in [6.07, 6.45) is 7.27. The van der Waals surface area contributed by atoms with Crippen LogP contribution in [-0.4, -0.2) is 19.3 Å². The summed E-state index contributed by atoms with van der Waals surface area (Å²) in [5.74, 6) is 0.769. The molecule has 2 nitrogen and oxygen atoms in total. The summed E-state index contributed by atoms with van der Waals surface area (Å²) in [4.78, 5) is 0. The maximum Gasteiger partial charge on any atom is 0.0642 e. The molecule has 2 atom stereocenters. The van der Waals surface area contributed by atoms with Crippen molar-refractivity contribution in [1.82, 2.24) is 0 Å². The second kappa shape index (κ2) is 8.12. The third-order valence-electron chi connectivity index (χ3n) is 3.37. The molecule has 0 aliphatic rings. The highest BCUT2D eigenvalue weighted by Gasteiger charge is 2.26. The maximum atomic E-state index is 6.33. The van der Waals surface area contributed by atoms with Crippen LogP contribution in [0.4, 0.5) is 0 Å². The zero-order valence-corrected chi connectivity index (χ0v) is 11.0. The van der Waals surface area contributed by atoms with Crippen LogP contribution in [0.5, 0.6) is 0 Å². The van der Waals surface area contributed by atoms with Crippen LogP contribution < -0.4 is 5.73 Å². The van der Waals surface area contributed by atoms with E-state index in [0.717, 1.165) is 18.8 Å². The van der Waals surface area contributed by atoms with Gasteiger partial charge in [-0.1, -0.05) is 46.5 Å². The number of ether oxygens (including phenoxy) is 1. The van der Waals surface area contributed by atoms with Crippen molar-refractivity contribution in [3.05, 3.63) is 0 Å². The average molecular weight is 215 g/mol. The molecule has 0 spiro atoms. The van der Waals surface area contributed by atoms with Gasteiger partial charge in [-0.15, -0.1) is 0 Å². The lowest BCUT2D eigenvalue weighted by Crippen LogP contribution is -2.45. The monoisotopic (exact) mass is 215 g/mol. The number of unbranched alkanes of at least 4 members (excludes halogenated alkanes) is 1. The molecule has 2 unspecified atom stereocenters. The van der Waals surface area contributed by atoms with Crippen molar-refractivity contribution in [3.63, 3.8) is 0 Å². The normalized spacial score (nSPS) is 17.4. The standard InChI is InChI=1S/C13H29NO/c1-5-8-9-12(6-2)10-13(14,7-3)11-15-4/h12H,5-11,14H2,1-4H3. The van der Waals surface area contributed by atoms with Gasteiger partial charge in [0.05, 0.1) is 6.61 Å². The molecule has 92 valence electrons. The van der Waals surface area contributed by atoms with Gasteiger partial charge in [0.15, 0.2) is 0 Å². The van der Waals surface area contributed by atoms with Crippen LogP contribution in [0.25, 0.3) is 0 Å². The van der Waals surface area contributed by atoms with E-state index in [1.807, 2.05) is 0 Å². The Morgan fingerprint density at radius 2 is 1.93 bits per heavy atom. The topological polar surface area (TPSA) is 35.2 Å². The van der Waals surface area contributed by atoms with Crippen molar-refractivity contribution in [1.29, 1.82) is 0 Å². The minimum Gasteiger partial charge on any atom is -0.383 e. The first-order valence-corrected chi connectivity index (χ1v) is 6.39. The van der Waals surface area contributed by atoms with Crippen LogP contribution in [0.1, 0.15) is 59.3 Å². The van der Waals surface area contributed by atoms with E-state index in [1.54, 1.807) is 7.11 Å². The van der Waals surface area contributed by atoms with Crippen LogP contribution in [0.15, 0.2) is 0 Å². The van der Waals surface area contributed by atoms with Crippen LogP contribution in [0.2, 0.25) is 0 Å². The lowest BCUT2D eigenvalue weighted by Gasteiger charge is -2.31. The molecule has 0 aromatic rings. The molecule has 0 aromatic carbocycles. The second-order valence-electron chi connectivity index (χ2n) is 4.77. The molecule has 0 heterocycles. The summed E-state index contributed by atoms with van der Waals surface area (Å²) < 4.78 is 5.22. The molecule has 15 heavy (non-hydrogen) atoms. The van der Waals surface area contributed by atoms with Gasteiger partial charge in [0, 0.05) is 12.6 Å². The molecule has 2 heteroatoms. The second-order valence-corrected chi connectivity index (χ2v) is 4.77. The SMILES string of the molecule is CCCCC(CC)CC(N)(CC)COC. The van der Waals surface area contributed by atoms with Gasteiger partial charge in [-0.25, -0.2) is 0 Å². The summed E-state index contributed by atoms with van der Waals surface area (Å²) in [5, 5.41) is 0. The van der Waals surface area contributed by atoms with Crippen LogP contribution in [0.3, 0.4) is 0 Å². The van der Waals surface area contributed by atoms with Gasteiger partial charge < -0.3 is 10.5 Å². The van der Waals surface area contributed by atoms with Crippen LogP contribution >= 0.6 is 0 Å². The fourth-order valence-corrected chi connectivity index (χ4v) is 2.11. The van der Waals surface area contributed by atoms with E-state index >= 15 is 0 Å². The van der Waals surface area contributed by atoms with Gasteiger partial charge in [-0.05, 0) is 18.8 Å². The molecular weight excluding hydrogens is 186 g/mol. The molecule has 0 saturated heterocycles. The van der Waals surface area contributed by atoms with Crippen LogP contribution in [0, 0.1) is 5.92 Å². The van der Waals surface area contributed by atoms with Crippen molar-refractivity contribution >= 4 is 0 Å². The van der Waals surface area contributed by atoms with E-state index in [0.29, 0.717) is 6.61 Å². The summed E-state index contributed by atoms with van der Waals surface area (Å²) in [6, 6.07) is 0. The van der Waals surface area contributed by atoms with E-state index in [9.17, 15) is 0 Å².